The van der Waals surface area contributed by atoms with Gasteiger partial charge >= 0.3 is 12.1 Å². The molecule has 21 heavy (non-hydrogen) atoms. The topological polar surface area (TPSA) is 53.2 Å². The van der Waals surface area contributed by atoms with Gasteiger partial charge in [-0.1, -0.05) is 30.3 Å². The third-order valence-electron chi connectivity index (χ3n) is 2.65. The maximum absolute atomic E-state index is 12.4. The van der Waals surface area contributed by atoms with E-state index < -0.39 is 18.3 Å². The summed E-state index contributed by atoms with van der Waals surface area (Å²) in [5.74, 6) is -0.747. The molecule has 0 saturated carbocycles. The van der Waals surface area contributed by atoms with Crippen molar-refractivity contribution in [1.29, 1.82) is 0 Å². The average Bonchev–Trinajstić information content (AvgIpc) is 2.45. The number of hydrogen-bond donors (Lipinski definition) is 0. The first-order chi connectivity index (χ1) is 9.88. The van der Waals surface area contributed by atoms with E-state index in [1.165, 1.54) is 0 Å². The number of ether oxygens (including phenoxy) is 1. The number of rotatable bonds is 4. The highest BCUT2D eigenvalue weighted by Crippen LogP contribution is 2.28. The first kappa shape index (κ1) is 14.8. The number of carbonyl (C=O) groups excluding carboxylic acids is 1. The van der Waals surface area contributed by atoms with Crippen molar-refractivity contribution in [3.05, 3.63) is 65.0 Å². The monoisotopic (exact) mass is 297 g/mol. The molecule has 0 radical (unpaired) electrons. The van der Waals surface area contributed by atoms with E-state index in [2.05, 4.69) is 0 Å². The van der Waals surface area contributed by atoms with Gasteiger partial charge in [0.2, 0.25) is 0 Å². The molecule has 0 aliphatic carbocycles. The normalized spacial score (nSPS) is 11.2. The van der Waals surface area contributed by atoms with Gasteiger partial charge in [-0.25, -0.2) is 0 Å². The molecule has 0 aliphatic heterocycles. The summed E-state index contributed by atoms with van der Waals surface area (Å²) in [6.45, 7) is -0.433. The summed E-state index contributed by atoms with van der Waals surface area (Å²) in [7, 11) is 0. The van der Waals surface area contributed by atoms with Gasteiger partial charge in [0.05, 0.1) is 6.07 Å². The van der Waals surface area contributed by atoms with E-state index in [1.807, 2.05) is 0 Å². The van der Waals surface area contributed by atoms with Gasteiger partial charge in [-0.3, -0.25) is 4.79 Å². The number of benzene rings is 1. The van der Waals surface area contributed by atoms with Gasteiger partial charge in [0.15, 0.2) is 18.6 Å². The Morgan fingerprint density at radius 3 is 2.38 bits per heavy atom. The molecule has 110 valence electrons. The maximum Gasteiger partial charge on any atom is 0.422 e. The molecular weight excluding hydrogens is 287 g/mol. The van der Waals surface area contributed by atoms with E-state index in [0.29, 0.717) is 11.8 Å². The lowest BCUT2D eigenvalue weighted by molar-refractivity contribution is -0.613. The summed E-state index contributed by atoms with van der Waals surface area (Å²) >= 11 is 0. The fourth-order valence-corrected chi connectivity index (χ4v) is 1.59. The van der Waals surface area contributed by atoms with Crippen molar-refractivity contribution in [3.63, 3.8) is 0 Å². The zero-order chi connectivity index (χ0) is 15.5. The molecule has 7 heteroatoms. The molecule has 1 heterocycles. The molecule has 0 amide bonds. The Kier molecular flexibility index (Phi) is 4.11. The van der Waals surface area contributed by atoms with Crippen LogP contribution >= 0.6 is 0 Å². The van der Waals surface area contributed by atoms with Crippen molar-refractivity contribution >= 4 is 5.78 Å². The third-order valence-corrected chi connectivity index (χ3v) is 2.65. The zero-order valence-electron chi connectivity index (χ0n) is 10.6. The number of halogens is 3. The van der Waals surface area contributed by atoms with Crippen molar-refractivity contribution in [3.8, 4) is 5.88 Å². The van der Waals surface area contributed by atoms with Crippen molar-refractivity contribution in [2.75, 3.05) is 6.61 Å². The molecule has 2 rings (SSSR count). The molecule has 0 unspecified atom stereocenters. The van der Waals surface area contributed by atoms with Crippen molar-refractivity contribution in [2.24, 2.45) is 0 Å². The number of alkyl halides is 3. The van der Waals surface area contributed by atoms with Crippen molar-refractivity contribution in [2.45, 2.75) is 6.18 Å². The maximum atomic E-state index is 12.4. The lowest BCUT2D eigenvalue weighted by Crippen LogP contribution is -2.31. The fraction of sp³-hybridized carbons (Fsp3) is 0.143. The Balaban J connectivity index is 2.06. The van der Waals surface area contributed by atoms with E-state index in [9.17, 15) is 23.2 Å². The molecule has 2 aromatic rings. The van der Waals surface area contributed by atoms with Gasteiger partial charge in [-0.2, -0.15) is 13.2 Å². The minimum absolute atomic E-state index is 0.0545. The Bertz CT molecular complexity index is 642. The molecule has 0 aliphatic rings. The minimum Gasteiger partial charge on any atom is -0.616 e. The van der Waals surface area contributed by atoms with Gasteiger partial charge in [0.1, 0.15) is 5.56 Å². The van der Waals surface area contributed by atoms with Gasteiger partial charge in [0.25, 0.3) is 0 Å². The van der Waals surface area contributed by atoms with Crippen LogP contribution in [-0.2, 0) is 6.18 Å². The van der Waals surface area contributed by atoms with E-state index >= 15 is 0 Å². The van der Waals surface area contributed by atoms with Crippen LogP contribution in [-0.4, -0.2) is 12.4 Å². The molecule has 0 fully saturated rings. The van der Waals surface area contributed by atoms with Gasteiger partial charge < -0.3 is 9.94 Å². The fourth-order valence-electron chi connectivity index (χ4n) is 1.59. The second-order valence-corrected chi connectivity index (χ2v) is 4.16. The number of aromatic nitrogens is 1. The van der Waals surface area contributed by atoms with Crippen LogP contribution in [0.4, 0.5) is 13.2 Å². The molecule has 0 N–H and O–H groups in total. The summed E-state index contributed by atoms with van der Waals surface area (Å²) in [4.78, 5) is 11.7. The Morgan fingerprint density at radius 1 is 1.14 bits per heavy atom. The number of nitrogens with zero attached hydrogens (tertiary/aromatic N) is 1. The van der Waals surface area contributed by atoms with E-state index in [-0.39, 0.29) is 16.4 Å². The smallest absolute Gasteiger partial charge is 0.422 e. The second-order valence-electron chi connectivity index (χ2n) is 4.16. The number of hydrogen-bond acceptors (Lipinski definition) is 3. The van der Waals surface area contributed by atoms with Crippen LogP contribution in [0, 0.1) is 5.21 Å². The van der Waals surface area contributed by atoms with E-state index in [0.717, 1.165) is 12.1 Å². The van der Waals surface area contributed by atoms with Crippen LogP contribution < -0.4 is 9.47 Å². The average molecular weight is 297 g/mol. The Hall–Kier alpha value is -2.57. The lowest BCUT2D eigenvalue weighted by atomic mass is 10.1. The van der Waals surface area contributed by atoms with E-state index in [4.69, 9.17) is 4.74 Å². The Morgan fingerprint density at radius 2 is 1.81 bits per heavy atom. The van der Waals surface area contributed by atoms with E-state index in [1.54, 1.807) is 30.3 Å². The van der Waals surface area contributed by atoms with Crippen molar-refractivity contribution < 1.29 is 27.4 Å². The van der Waals surface area contributed by atoms with Crippen LogP contribution in [0.3, 0.4) is 0 Å². The summed E-state index contributed by atoms with van der Waals surface area (Å²) in [6.07, 6.45) is -4.24. The lowest BCUT2D eigenvalue weighted by Gasteiger charge is -2.09. The highest BCUT2D eigenvalue weighted by molar-refractivity contribution is 5.97. The molecular formula is C14H10F3NO3. The number of carbonyl (C=O) groups is 1. The van der Waals surface area contributed by atoms with Crippen LogP contribution in [0.2, 0.25) is 0 Å². The van der Waals surface area contributed by atoms with Crippen LogP contribution in [0.5, 0.6) is 5.88 Å². The minimum atomic E-state index is -4.61. The quantitative estimate of drug-likeness (QED) is 0.495. The van der Waals surface area contributed by atoms with Crippen molar-refractivity contribution in [1.82, 2.24) is 0 Å². The van der Waals surface area contributed by atoms with Gasteiger partial charge in [0, 0.05) is 5.56 Å². The third kappa shape index (κ3) is 3.71. The summed E-state index contributed by atoms with van der Waals surface area (Å²) in [5, 5.41) is 11.4. The standard InChI is InChI=1S/C14H10F3NO3/c15-14(16,17)11-6-7-13(18(20)8-11)21-9-12(19)10-4-2-1-3-5-10/h1-8H,9H2. The molecule has 0 saturated heterocycles. The predicted octanol–water partition coefficient (Wildman–Crippen LogP) is 2.60. The molecule has 1 aromatic heterocycles. The second kappa shape index (κ2) is 5.82. The molecule has 0 bridgehead atoms. The first-order valence-electron chi connectivity index (χ1n) is 5.89. The summed E-state index contributed by atoms with van der Waals surface area (Å²) in [6, 6.07) is 9.82. The van der Waals surface area contributed by atoms with Crippen LogP contribution in [0.1, 0.15) is 15.9 Å². The highest BCUT2D eigenvalue weighted by atomic mass is 19.4. The number of pyridine rings is 1. The predicted molar refractivity (Wildman–Crippen MR) is 66.7 cm³/mol. The SMILES string of the molecule is O=C(COc1ccc(C(F)(F)F)c[n+]1[O-])c1ccccc1. The Labute approximate surface area is 118 Å². The largest absolute Gasteiger partial charge is 0.616 e. The molecule has 1 aromatic carbocycles. The highest BCUT2D eigenvalue weighted by Gasteiger charge is 2.33. The molecule has 4 nitrogen and oxygen atoms in total. The number of Topliss-reactive ketones (excluding diaryl/α,β-unsaturated/α-hetero) is 1. The van der Waals surface area contributed by atoms with Crippen LogP contribution in [0.15, 0.2) is 48.7 Å². The number of ketones is 1. The first-order valence-corrected chi connectivity index (χ1v) is 5.89. The molecule has 0 atom stereocenters. The molecule has 0 spiro atoms. The zero-order valence-corrected chi connectivity index (χ0v) is 10.6. The van der Waals surface area contributed by atoms with Gasteiger partial charge in [-0.15, -0.1) is 4.73 Å². The van der Waals surface area contributed by atoms with Gasteiger partial charge in [-0.05, 0) is 6.07 Å². The van der Waals surface area contributed by atoms with Crippen LogP contribution in [0.25, 0.3) is 0 Å². The summed E-state index contributed by atoms with van der Waals surface area (Å²) < 4.78 is 42.1. The summed E-state index contributed by atoms with van der Waals surface area (Å²) in [5.41, 5.74) is -0.693.